The first kappa shape index (κ1) is 23.6. The standard InChI is InChI=1S/C25H18F3N3O4/c26-25(27,28)18-4-2-6-20(12-18)30-23(32)14-34-21-9-7-16(8-10-21)24(33)31-19-5-1-3-17(11-19)22-13-29-15-35-22/h1-13,15H,14H2,(H,30,32)(H,31,33). The number of benzene rings is 3. The lowest BCUT2D eigenvalue weighted by Gasteiger charge is -2.11. The Bertz CT molecular complexity index is 1320. The summed E-state index contributed by atoms with van der Waals surface area (Å²) in [7, 11) is 0. The molecule has 178 valence electrons. The van der Waals surface area contributed by atoms with Crippen molar-refractivity contribution in [3.8, 4) is 17.1 Å². The fourth-order valence-corrected chi connectivity index (χ4v) is 3.13. The van der Waals surface area contributed by atoms with Gasteiger partial charge in [0.15, 0.2) is 18.8 Å². The number of aromatic nitrogens is 1. The minimum absolute atomic E-state index is 0.00724. The van der Waals surface area contributed by atoms with E-state index in [0.29, 0.717) is 22.8 Å². The summed E-state index contributed by atoms with van der Waals surface area (Å²) >= 11 is 0. The van der Waals surface area contributed by atoms with Crippen molar-refractivity contribution in [2.45, 2.75) is 6.18 Å². The van der Waals surface area contributed by atoms with Crippen LogP contribution in [-0.2, 0) is 11.0 Å². The zero-order chi connectivity index (χ0) is 24.8. The monoisotopic (exact) mass is 481 g/mol. The van der Waals surface area contributed by atoms with Gasteiger partial charge in [0, 0.05) is 22.5 Å². The van der Waals surface area contributed by atoms with E-state index in [1.165, 1.54) is 42.8 Å². The molecule has 0 aliphatic heterocycles. The number of rotatable bonds is 7. The van der Waals surface area contributed by atoms with Crippen LogP contribution in [0, 0.1) is 0 Å². The van der Waals surface area contributed by atoms with E-state index in [1.807, 2.05) is 6.07 Å². The molecular formula is C25H18F3N3O4. The molecule has 7 nitrogen and oxygen atoms in total. The molecule has 1 heterocycles. The Kier molecular flexibility index (Phi) is 6.81. The summed E-state index contributed by atoms with van der Waals surface area (Å²) in [6.45, 7) is -0.420. The van der Waals surface area contributed by atoms with E-state index in [4.69, 9.17) is 9.15 Å². The Balaban J connectivity index is 1.31. The number of hydrogen-bond acceptors (Lipinski definition) is 5. The zero-order valence-corrected chi connectivity index (χ0v) is 18.0. The summed E-state index contributed by atoms with van der Waals surface area (Å²) in [5, 5.41) is 5.14. The van der Waals surface area contributed by atoms with Crippen molar-refractivity contribution in [3.63, 3.8) is 0 Å². The van der Waals surface area contributed by atoms with Gasteiger partial charge in [0.1, 0.15) is 5.75 Å². The average molecular weight is 481 g/mol. The van der Waals surface area contributed by atoms with Crippen LogP contribution in [0.1, 0.15) is 15.9 Å². The molecule has 2 amide bonds. The van der Waals surface area contributed by atoms with Crippen molar-refractivity contribution < 1.29 is 31.9 Å². The van der Waals surface area contributed by atoms with Crippen LogP contribution < -0.4 is 15.4 Å². The van der Waals surface area contributed by atoms with E-state index in [1.54, 1.807) is 24.4 Å². The third-order valence-electron chi connectivity index (χ3n) is 4.80. The second-order valence-corrected chi connectivity index (χ2v) is 7.34. The third-order valence-corrected chi connectivity index (χ3v) is 4.80. The number of nitrogens with one attached hydrogen (secondary N) is 2. The Labute approximate surface area is 197 Å². The minimum atomic E-state index is -4.51. The summed E-state index contributed by atoms with van der Waals surface area (Å²) < 4.78 is 49.0. The van der Waals surface area contributed by atoms with Crippen molar-refractivity contribution in [2.75, 3.05) is 17.2 Å². The molecular weight excluding hydrogens is 463 g/mol. The lowest BCUT2D eigenvalue weighted by molar-refractivity contribution is -0.137. The molecule has 0 spiro atoms. The van der Waals surface area contributed by atoms with Gasteiger partial charge in [0.25, 0.3) is 11.8 Å². The summed E-state index contributed by atoms with van der Waals surface area (Å²) in [6, 6.07) is 17.5. The average Bonchev–Trinajstić information content (AvgIpc) is 3.38. The Morgan fingerprint density at radius 3 is 2.31 bits per heavy atom. The molecule has 1 aromatic heterocycles. The summed E-state index contributed by atoms with van der Waals surface area (Å²) in [5.74, 6) is -0.0981. The molecule has 2 N–H and O–H groups in total. The minimum Gasteiger partial charge on any atom is -0.484 e. The number of alkyl halides is 3. The Morgan fingerprint density at radius 1 is 0.914 bits per heavy atom. The van der Waals surface area contributed by atoms with Crippen LogP contribution in [0.4, 0.5) is 24.5 Å². The van der Waals surface area contributed by atoms with Crippen LogP contribution in [0.15, 0.2) is 89.8 Å². The van der Waals surface area contributed by atoms with Crippen molar-refractivity contribution >= 4 is 23.2 Å². The zero-order valence-electron chi connectivity index (χ0n) is 18.0. The normalized spacial score (nSPS) is 11.1. The van der Waals surface area contributed by atoms with Gasteiger partial charge in [-0.15, -0.1) is 0 Å². The molecule has 0 aliphatic carbocycles. The fraction of sp³-hybridized carbons (Fsp3) is 0.0800. The van der Waals surface area contributed by atoms with Gasteiger partial charge in [-0.1, -0.05) is 18.2 Å². The van der Waals surface area contributed by atoms with Gasteiger partial charge in [-0.2, -0.15) is 13.2 Å². The van der Waals surface area contributed by atoms with Gasteiger partial charge in [0.05, 0.1) is 11.8 Å². The molecule has 0 saturated carbocycles. The highest BCUT2D eigenvalue weighted by molar-refractivity contribution is 6.04. The summed E-state index contributed by atoms with van der Waals surface area (Å²) in [5.41, 5.74) is 0.821. The smallest absolute Gasteiger partial charge is 0.416 e. The molecule has 0 fully saturated rings. The summed E-state index contributed by atoms with van der Waals surface area (Å²) in [4.78, 5) is 28.5. The van der Waals surface area contributed by atoms with Gasteiger partial charge >= 0.3 is 6.18 Å². The first-order valence-corrected chi connectivity index (χ1v) is 10.3. The van der Waals surface area contributed by atoms with Gasteiger partial charge in [-0.05, 0) is 54.6 Å². The second-order valence-electron chi connectivity index (χ2n) is 7.34. The highest BCUT2D eigenvalue weighted by atomic mass is 19.4. The van der Waals surface area contributed by atoms with Crippen LogP contribution in [0.25, 0.3) is 11.3 Å². The van der Waals surface area contributed by atoms with Crippen molar-refractivity contribution in [1.29, 1.82) is 0 Å². The van der Waals surface area contributed by atoms with E-state index in [-0.39, 0.29) is 11.6 Å². The van der Waals surface area contributed by atoms with Crippen LogP contribution in [-0.4, -0.2) is 23.4 Å². The first-order chi connectivity index (χ1) is 16.8. The molecule has 0 aliphatic rings. The fourth-order valence-electron chi connectivity index (χ4n) is 3.13. The number of anilines is 2. The number of oxazole rings is 1. The van der Waals surface area contributed by atoms with Crippen molar-refractivity contribution in [2.24, 2.45) is 0 Å². The lowest BCUT2D eigenvalue weighted by atomic mass is 10.1. The molecule has 0 radical (unpaired) electrons. The maximum Gasteiger partial charge on any atom is 0.416 e. The van der Waals surface area contributed by atoms with E-state index < -0.39 is 24.3 Å². The molecule has 0 saturated heterocycles. The van der Waals surface area contributed by atoms with Crippen LogP contribution in [0.2, 0.25) is 0 Å². The third kappa shape index (κ3) is 6.26. The SMILES string of the molecule is O=C(COc1ccc(C(=O)Nc2cccc(-c3cnco3)c2)cc1)Nc1cccc(C(F)(F)F)c1. The second kappa shape index (κ2) is 10.1. The molecule has 0 unspecified atom stereocenters. The van der Waals surface area contributed by atoms with Gasteiger partial charge < -0.3 is 19.8 Å². The largest absolute Gasteiger partial charge is 0.484 e. The molecule has 3 aromatic carbocycles. The number of carbonyl (C=O) groups excluding carboxylic acids is 2. The molecule has 0 bridgehead atoms. The van der Waals surface area contributed by atoms with E-state index in [2.05, 4.69) is 15.6 Å². The highest BCUT2D eigenvalue weighted by Gasteiger charge is 2.30. The maximum atomic E-state index is 12.8. The van der Waals surface area contributed by atoms with Crippen LogP contribution in [0.3, 0.4) is 0 Å². The van der Waals surface area contributed by atoms with E-state index >= 15 is 0 Å². The Morgan fingerprint density at radius 2 is 1.63 bits per heavy atom. The predicted octanol–water partition coefficient (Wildman–Crippen LogP) is 5.63. The quantitative estimate of drug-likeness (QED) is 0.357. The first-order valence-electron chi connectivity index (χ1n) is 10.3. The molecule has 10 heteroatoms. The molecule has 4 aromatic rings. The van der Waals surface area contributed by atoms with Crippen molar-refractivity contribution in [3.05, 3.63) is 96.5 Å². The lowest BCUT2D eigenvalue weighted by Crippen LogP contribution is -2.20. The number of amides is 2. The van der Waals surface area contributed by atoms with Gasteiger partial charge in [0.2, 0.25) is 0 Å². The number of hydrogen-bond donors (Lipinski definition) is 2. The van der Waals surface area contributed by atoms with Crippen LogP contribution >= 0.6 is 0 Å². The maximum absolute atomic E-state index is 12.8. The van der Waals surface area contributed by atoms with Gasteiger partial charge in [-0.25, -0.2) is 4.98 Å². The van der Waals surface area contributed by atoms with Crippen molar-refractivity contribution in [1.82, 2.24) is 4.98 Å². The Hall–Kier alpha value is -4.60. The summed E-state index contributed by atoms with van der Waals surface area (Å²) in [6.07, 6.45) is -1.62. The van der Waals surface area contributed by atoms with Crippen LogP contribution in [0.5, 0.6) is 5.75 Å². The predicted molar refractivity (Wildman–Crippen MR) is 122 cm³/mol. The number of carbonyl (C=O) groups is 2. The van der Waals surface area contributed by atoms with E-state index in [9.17, 15) is 22.8 Å². The molecule has 35 heavy (non-hydrogen) atoms. The molecule has 0 atom stereocenters. The van der Waals surface area contributed by atoms with E-state index in [0.717, 1.165) is 17.7 Å². The topological polar surface area (TPSA) is 93.5 Å². The van der Waals surface area contributed by atoms with Gasteiger partial charge in [-0.3, -0.25) is 9.59 Å². The highest BCUT2D eigenvalue weighted by Crippen LogP contribution is 2.30. The number of halogens is 3. The number of nitrogens with zero attached hydrogens (tertiary/aromatic N) is 1. The molecule has 4 rings (SSSR count). The number of ether oxygens (including phenoxy) is 1.